The standard InChI is InChI=1S/C23H19F5N8O3S/c1-9-11(8-12(37)38)40-20(31-9)21(2)13-15(29)32-17(33-16(13)34-19(21)39)14-10-4-3-6-30-18(10)36(35-14)7-5-22(24,25)23(26,27)28/h3-4,6H,5,7-8H2,1-2H3,(H,37,38)(H3,29,32,33,34,39)/t21-/m1/s1. The number of amides is 1. The maximum atomic E-state index is 13.6. The van der Waals surface area contributed by atoms with Crippen LogP contribution in [-0.4, -0.2) is 58.8 Å². The first-order valence-electron chi connectivity index (χ1n) is 11.6. The largest absolute Gasteiger partial charge is 0.481 e. The monoisotopic (exact) mass is 582 g/mol. The molecule has 5 heterocycles. The third-order valence-corrected chi connectivity index (χ3v) is 7.91. The number of rotatable bonds is 7. The van der Waals surface area contributed by atoms with Gasteiger partial charge in [0, 0.05) is 24.0 Å². The summed E-state index contributed by atoms with van der Waals surface area (Å²) in [4.78, 5) is 42.0. The highest BCUT2D eigenvalue weighted by molar-refractivity contribution is 7.12. The van der Waals surface area contributed by atoms with Crippen LogP contribution in [-0.2, 0) is 28.0 Å². The van der Waals surface area contributed by atoms with Gasteiger partial charge in [-0.05, 0) is 26.0 Å². The maximum Gasteiger partial charge on any atom is 0.453 e. The van der Waals surface area contributed by atoms with E-state index < -0.39 is 42.4 Å². The second-order valence-corrected chi connectivity index (χ2v) is 10.3. The first-order chi connectivity index (χ1) is 18.6. The van der Waals surface area contributed by atoms with E-state index in [0.29, 0.717) is 10.6 Å². The molecule has 0 saturated carbocycles. The first kappa shape index (κ1) is 27.3. The van der Waals surface area contributed by atoms with E-state index in [0.717, 1.165) is 16.0 Å². The van der Waals surface area contributed by atoms with Crippen molar-refractivity contribution in [3.8, 4) is 11.5 Å². The van der Waals surface area contributed by atoms with Crippen LogP contribution in [0.25, 0.3) is 22.6 Å². The number of aryl methyl sites for hydroxylation is 2. The molecule has 11 nitrogen and oxygen atoms in total. The van der Waals surface area contributed by atoms with Gasteiger partial charge < -0.3 is 16.2 Å². The number of anilines is 2. The molecule has 4 aromatic rings. The van der Waals surface area contributed by atoms with Crippen molar-refractivity contribution in [2.24, 2.45) is 0 Å². The van der Waals surface area contributed by atoms with E-state index in [1.807, 2.05) is 0 Å². The highest BCUT2D eigenvalue weighted by atomic mass is 32.1. The number of halogens is 5. The number of carboxylic acid groups (broad SMARTS) is 1. The highest BCUT2D eigenvalue weighted by Gasteiger charge is 2.57. The normalized spacial score (nSPS) is 17.3. The number of aliphatic carboxylic acids is 1. The molecule has 40 heavy (non-hydrogen) atoms. The van der Waals surface area contributed by atoms with Crippen molar-refractivity contribution in [3.05, 3.63) is 39.5 Å². The molecule has 1 aliphatic heterocycles. The summed E-state index contributed by atoms with van der Waals surface area (Å²) in [7, 11) is 0. The van der Waals surface area contributed by atoms with Gasteiger partial charge in [0.25, 0.3) is 0 Å². The number of nitrogens with one attached hydrogen (secondary N) is 1. The zero-order valence-electron chi connectivity index (χ0n) is 20.7. The second kappa shape index (κ2) is 9.14. The van der Waals surface area contributed by atoms with Crippen molar-refractivity contribution in [2.45, 2.75) is 50.7 Å². The molecule has 0 spiro atoms. The summed E-state index contributed by atoms with van der Waals surface area (Å²) in [6.07, 6.45) is -6.25. The van der Waals surface area contributed by atoms with Crippen molar-refractivity contribution in [1.29, 1.82) is 0 Å². The van der Waals surface area contributed by atoms with Gasteiger partial charge in [-0.1, -0.05) is 0 Å². The number of carbonyl (C=O) groups is 2. The lowest BCUT2D eigenvalue weighted by Crippen LogP contribution is -2.37. The lowest BCUT2D eigenvalue weighted by atomic mass is 9.85. The Labute approximate surface area is 225 Å². The van der Waals surface area contributed by atoms with E-state index in [1.54, 1.807) is 13.8 Å². The summed E-state index contributed by atoms with van der Waals surface area (Å²) >= 11 is 1.05. The zero-order chi connectivity index (χ0) is 29.2. The molecule has 0 radical (unpaired) electrons. The quantitative estimate of drug-likeness (QED) is 0.276. The topological polar surface area (TPSA) is 162 Å². The van der Waals surface area contributed by atoms with Crippen LogP contribution in [0, 0.1) is 6.92 Å². The summed E-state index contributed by atoms with van der Waals surface area (Å²) in [5, 5.41) is 16.5. The van der Waals surface area contributed by atoms with E-state index >= 15 is 0 Å². The summed E-state index contributed by atoms with van der Waals surface area (Å²) in [5.74, 6) is -6.77. The van der Waals surface area contributed by atoms with Crippen molar-refractivity contribution in [3.63, 3.8) is 0 Å². The van der Waals surface area contributed by atoms with Crippen LogP contribution in [0.1, 0.15) is 34.5 Å². The molecule has 0 saturated heterocycles. The predicted octanol–water partition coefficient (Wildman–Crippen LogP) is 3.71. The van der Waals surface area contributed by atoms with Crippen LogP contribution in [0.3, 0.4) is 0 Å². The van der Waals surface area contributed by atoms with Gasteiger partial charge in [0.15, 0.2) is 11.5 Å². The number of aromatic nitrogens is 6. The molecule has 1 atom stereocenters. The second-order valence-electron chi connectivity index (χ2n) is 9.23. The summed E-state index contributed by atoms with van der Waals surface area (Å²) in [6, 6.07) is 3.03. The number of carbonyl (C=O) groups excluding carboxylic acids is 1. The number of fused-ring (bicyclic) bond motifs is 2. The van der Waals surface area contributed by atoms with Gasteiger partial charge >= 0.3 is 18.1 Å². The van der Waals surface area contributed by atoms with Crippen molar-refractivity contribution >= 4 is 45.9 Å². The minimum absolute atomic E-state index is 0.00427. The Hall–Kier alpha value is -4.28. The number of hydrogen-bond acceptors (Lipinski definition) is 9. The smallest absolute Gasteiger partial charge is 0.453 e. The van der Waals surface area contributed by atoms with Crippen LogP contribution in [0.4, 0.5) is 33.6 Å². The van der Waals surface area contributed by atoms with Gasteiger partial charge in [0.05, 0.1) is 23.1 Å². The lowest BCUT2D eigenvalue weighted by Gasteiger charge is -2.20. The van der Waals surface area contributed by atoms with Crippen LogP contribution in [0.2, 0.25) is 0 Å². The molecule has 0 aliphatic carbocycles. The highest BCUT2D eigenvalue weighted by Crippen LogP contribution is 2.47. The zero-order valence-corrected chi connectivity index (χ0v) is 21.5. The van der Waals surface area contributed by atoms with Crippen molar-refractivity contribution in [2.75, 3.05) is 11.1 Å². The maximum absolute atomic E-state index is 13.6. The Morgan fingerprint density at radius 3 is 2.62 bits per heavy atom. The third-order valence-electron chi connectivity index (χ3n) is 6.53. The number of pyridine rings is 1. The van der Waals surface area contributed by atoms with E-state index in [2.05, 4.69) is 30.4 Å². The Morgan fingerprint density at radius 1 is 1.23 bits per heavy atom. The fourth-order valence-corrected chi connectivity index (χ4v) is 5.58. The van der Waals surface area contributed by atoms with Crippen LogP contribution in [0.15, 0.2) is 18.3 Å². The molecule has 0 bridgehead atoms. The molecule has 17 heteroatoms. The average molecular weight is 583 g/mol. The number of nitrogens with two attached hydrogens (primary N) is 1. The Balaban J connectivity index is 1.57. The minimum atomic E-state index is -5.72. The molecule has 0 fully saturated rings. The molecule has 4 N–H and O–H groups in total. The van der Waals surface area contributed by atoms with Crippen LogP contribution in [0.5, 0.6) is 0 Å². The lowest BCUT2D eigenvalue weighted by molar-refractivity contribution is -0.285. The molecule has 0 aromatic carbocycles. The third kappa shape index (κ3) is 4.29. The molecule has 1 aliphatic rings. The van der Waals surface area contributed by atoms with E-state index in [1.165, 1.54) is 18.3 Å². The van der Waals surface area contributed by atoms with E-state index in [-0.39, 0.29) is 51.2 Å². The first-order valence-corrected chi connectivity index (χ1v) is 12.4. The minimum Gasteiger partial charge on any atom is -0.481 e. The van der Waals surface area contributed by atoms with Gasteiger partial charge in [-0.2, -0.15) is 27.1 Å². The number of thiazole rings is 1. The molecule has 4 aromatic heterocycles. The van der Waals surface area contributed by atoms with Crippen LogP contribution < -0.4 is 11.1 Å². The molecule has 0 unspecified atom stereocenters. The fraction of sp³-hybridized carbons (Fsp3) is 0.348. The number of alkyl halides is 5. The SMILES string of the molecule is Cc1nc([C@@]2(C)C(=O)Nc3nc(-c4nn(CCC(F)(F)C(F)(F)F)c5ncccc45)nc(N)c32)sc1CC(=O)O. The number of hydrogen-bond donors (Lipinski definition) is 3. The van der Waals surface area contributed by atoms with Crippen molar-refractivity contribution < 1.29 is 36.6 Å². The molecule has 210 valence electrons. The number of nitrogens with zero attached hydrogens (tertiary/aromatic N) is 6. The summed E-state index contributed by atoms with van der Waals surface area (Å²) in [6.45, 7) is 2.36. The Bertz CT molecular complexity index is 1680. The van der Waals surface area contributed by atoms with E-state index in [4.69, 9.17) is 10.8 Å². The average Bonchev–Trinajstić information content (AvgIpc) is 3.49. The Kier molecular flexibility index (Phi) is 6.24. The number of carboxylic acids is 1. The van der Waals surface area contributed by atoms with Gasteiger partial charge in [-0.3, -0.25) is 9.59 Å². The number of nitrogen functional groups attached to an aromatic ring is 1. The summed E-state index contributed by atoms with van der Waals surface area (Å²) < 4.78 is 66.2. The molecular weight excluding hydrogens is 563 g/mol. The fourth-order valence-electron chi connectivity index (χ4n) is 4.38. The Morgan fingerprint density at radius 2 is 1.95 bits per heavy atom. The van der Waals surface area contributed by atoms with Gasteiger partial charge in [0.1, 0.15) is 27.8 Å². The summed E-state index contributed by atoms with van der Waals surface area (Å²) in [5.41, 5.74) is 5.51. The molecular formula is C23H19F5N8O3S. The van der Waals surface area contributed by atoms with Crippen molar-refractivity contribution in [1.82, 2.24) is 29.7 Å². The molecule has 5 rings (SSSR count). The predicted molar refractivity (Wildman–Crippen MR) is 132 cm³/mol. The van der Waals surface area contributed by atoms with E-state index in [9.17, 15) is 31.5 Å². The van der Waals surface area contributed by atoms with Gasteiger partial charge in [-0.15, -0.1) is 11.3 Å². The van der Waals surface area contributed by atoms with Crippen LogP contribution >= 0.6 is 11.3 Å². The molecule has 1 amide bonds. The van der Waals surface area contributed by atoms with Gasteiger partial charge in [-0.25, -0.2) is 24.6 Å². The van der Waals surface area contributed by atoms with Gasteiger partial charge in [0.2, 0.25) is 5.91 Å².